The summed E-state index contributed by atoms with van der Waals surface area (Å²) < 4.78 is 32.6. The van der Waals surface area contributed by atoms with Crippen molar-refractivity contribution in [2.24, 2.45) is 11.1 Å². The van der Waals surface area contributed by atoms with E-state index in [9.17, 15) is 4.79 Å². The summed E-state index contributed by atoms with van der Waals surface area (Å²) in [5.41, 5.74) is 7.53. The Hall–Kier alpha value is -2.84. The topological polar surface area (TPSA) is 130 Å². The van der Waals surface area contributed by atoms with Crippen molar-refractivity contribution >= 4 is 17.4 Å². The van der Waals surface area contributed by atoms with E-state index in [1.807, 2.05) is 6.07 Å². The van der Waals surface area contributed by atoms with Gasteiger partial charge in [0.05, 0.1) is 79.3 Å². The number of nitrogens with two attached hydrogens (primary N) is 1. The first kappa shape index (κ1) is 35.0. The average molecular weight is 630 g/mol. The van der Waals surface area contributed by atoms with Crippen molar-refractivity contribution in [3.05, 3.63) is 54.2 Å². The van der Waals surface area contributed by atoms with Crippen molar-refractivity contribution in [2.75, 3.05) is 128 Å². The number of nitrogens with one attached hydrogen (secondary N) is 1. The lowest BCUT2D eigenvalue weighted by atomic mass is 9.86. The normalized spacial score (nSPS) is 17.9. The molecule has 0 bridgehead atoms. The lowest BCUT2D eigenvalue weighted by Crippen LogP contribution is -2.31. The molecule has 3 N–H and O–H groups in total. The highest BCUT2D eigenvalue weighted by Gasteiger charge is 2.44. The molecule has 1 atom stereocenters. The lowest BCUT2D eigenvalue weighted by molar-refractivity contribution is -0.0162. The van der Waals surface area contributed by atoms with Crippen LogP contribution in [0, 0.1) is 5.41 Å². The van der Waals surface area contributed by atoms with Crippen LogP contribution in [0.25, 0.3) is 0 Å². The standard InChI is InChI=1S/C33H51N5O7/c34-9-14-40-16-18-42-20-22-44-24-25-45-23-21-43-19-17-41-15-11-36-32(39)29-6-10-35-31(26-29)38-13-8-33(28-38)7-12-37(27-33)30-4-2-1-3-5-30/h1-6,10,26H,7-9,11-25,27-28,34H2,(H,36,39). The summed E-state index contributed by atoms with van der Waals surface area (Å²) in [5.74, 6) is 0.749. The number of amides is 1. The van der Waals surface area contributed by atoms with Crippen LogP contribution < -0.4 is 20.9 Å². The maximum absolute atomic E-state index is 12.8. The molecule has 0 aliphatic carbocycles. The van der Waals surface area contributed by atoms with Gasteiger partial charge in [0, 0.05) is 62.1 Å². The molecule has 250 valence electrons. The van der Waals surface area contributed by atoms with Crippen molar-refractivity contribution in [3.63, 3.8) is 0 Å². The van der Waals surface area contributed by atoms with Gasteiger partial charge in [0.2, 0.25) is 0 Å². The molecular weight excluding hydrogens is 578 g/mol. The minimum atomic E-state index is -0.120. The van der Waals surface area contributed by atoms with Gasteiger partial charge in [-0.15, -0.1) is 0 Å². The molecule has 2 fully saturated rings. The maximum atomic E-state index is 12.8. The van der Waals surface area contributed by atoms with Crippen LogP contribution in [0.15, 0.2) is 48.7 Å². The van der Waals surface area contributed by atoms with E-state index >= 15 is 0 Å². The van der Waals surface area contributed by atoms with Crippen molar-refractivity contribution in [2.45, 2.75) is 12.8 Å². The van der Waals surface area contributed by atoms with Gasteiger partial charge in [-0.05, 0) is 37.1 Å². The van der Waals surface area contributed by atoms with E-state index in [-0.39, 0.29) is 11.3 Å². The van der Waals surface area contributed by atoms with Gasteiger partial charge in [-0.2, -0.15) is 0 Å². The highest BCUT2D eigenvalue weighted by atomic mass is 16.6. The molecule has 2 aliphatic heterocycles. The Kier molecular flexibility index (Phi) is 15.8. The van der Waals surface area contributed by atoms with Crippen molar-refractivity contribution < 1.29 is 33.2 Å². The summed E-state index contributed by atoms with van der Waals surface area (Å²) in [5, 5.41) is 2.94. The van der Waals surface area contributed by atoms with Crippen molar-refractivity contribution in [3.8, 4) is 0 Å². The third-order valence-electron chi connectivity index (χ3n) is 7.98. The molecule has 1 amide bonds. The van der Waals surface area contributed by atoms with E-state index in [0.29, 0.717) is 97.9 Å². The number of hydrogen-bond donors (Lipinski definition) is 2. The fraction of sp³-hybridized carbons (Fsp3) is 0.636. The molecule has 1 aromatic heterocycles. The van der Waals surface area contributed by atoms with E-state index in [0.717, 1.165) is 38.4 Å². The van der Waals surface area contributed by atoms with E-state index < -0.39 is 0 Å². The molecule has 12 nitrogen and oxygen atoms in total. The van der Waals surface area contributed by atoms with Gasteiger partial charge < -0.3 is 49.3 Å². The highest BCUT2D eigenvalue weighted by molar-refractivity contribution is 5.94. The number of pyridine rings is 1. The Morgan fingerprint density at radius 2 is 1.27 bits per heavy atom. The largest absolute Gasteiger partial charge is 0.378 e. The van der Waals surface area contributed by atoms with Gasteiger partial charge >= 0.3 is 0 Å². The third-order valence-corrected chi connectivity index (χ3v) is 7.98. The predicted molar refractivity (Wildman–Crippen MR) is 173 cm³/mol. The molecule has 1 aromatic carbocycles. The van der Waals surface area contributed by atoms with E-state index in [1.165, 1.54) is 12.1 Å². The van der Waals surface area contributed by atoms with Crippen molar-refractivity contribution in [1.29, 1.82) is 0 Å². The van der Waals surface area contributed by atoms with E-state index in [1.54, 1.807) is 12.3 Å². The van der Waals surface area contributed by atoms with Gasteiger partial charge in [0.25, 0.3) is 5.91 Å². The molecule has 0 radical (unpaired) electrons. The number of nitrogens with zero attached hydrogens (tertiary/aromatic N) is 3. The fourth-order valence-electron chi connectivity index (χ4n) is 5.61. The molecular formula is C33H51N5O7. The molecule has 0 saturated carbocycles. The summed E-state index contributed by atoms with van der Waals surface area (Å²) >= 11 is 0. The number of aromatic nitrogens is 1. The Balaban J connectivity index is 0.978. The zero-order valence-corrected chi connectivity index (χ0v) is 26.5. The third kappa shape index (κ3) is 12.5. The first-order valence-electron chi connectivity index (χ1n) is 16.1. The zero-order chi connectivity index (χ0) is 31.4. The SMILES string of the molecule is NCCOCCOCCOCCOCCOCCOCCNC(=O)c1ccnc(N2CCC3(CCN(c4ccccc4)C3)C2)c1. The smallest absolute Gasteiger partial charge is 0.251 e. The number of anilines is 2. The summed E-state index contributed by atoms with van der Waals surface area (Å²) in [6.07, 6.45) is 4.05. The second kappa shape index (κ2) is 20.3. The summed E-state index contributed by atoms with van der Waals surface area (Å²) in [7, 11) is 0. The predicted octanol–water partition coefficient (Wildman–Crippen LogP) is 1.98. The van der Waals surface area contributed by atoms with Crippen LogP contribution in [0.1, 0.15) is 23.2 Å². The first-order valence-corrected chi connectivity index (χ1v) is 16.1. The summed E-state index contributed by atoms with van der Waals surface area (Å²) in [6.45, 7) is 11.0. The van der Waals surface area contributed by atoms with Crippen LogP contribution in [-0.2, 0) is 28.4 Å². The second-order valence-corrected chi connectivity index (χ2v) is 11.3. The molecule has 1 spiro atoms. The monoisotopic (exact) mass is 629 g/mol. The number of para-hydroxylation sites is 1. The van der Waals surface area contributed by atoms with Crippen molar-refractivity contribution in [1.82, 2.24) is 10.3 Å². The minimum absolute atomic E-state index is 0.120. The van der Waals surface area contributed by atoms with E-state index in [4.69, 9.17) is 34.2 Å². The summed E-state index contributed by atoms with van der Waals surface area (Å²) in [6, 6.07) is 14.3. The first-order chi connectivity index (χ1) is 22.2. The Morgan fingerprint density at radius 3 is 1.87 bits per heavy atom. The van der Waals surface area contributed by atoms with Gasteiger partial charge in [-0.1, -0.05) is 18.2 Å². The molecule has 12 heteroatoms. The van der Waals surface area contributed by atoms with Crippen LogP contribution in [-0.4, -0.2) is 129 Å². The maximum Gasteiger partial charge on any atom is 0.251 e. The summed E-state index contributed by atoms with van der Waals surface area (Å²) in [4.78, 5) is 22.2. The average Bonchev–Trinajstić information content (AvgIpc) is 3.70. The molecule has 2 aromatic rings. The van der Waals surface area contributed by atoms with Gasteiger partial charge in [0.15, 0.2) is 0 Å². The number of ether oxygens (including phenoxy) is 6. The van der Waals surface area contributed by atoms with Crippen LogP contribution in [0.3, 0.4) is 0 Å². The Bertz CT molecular complexity index is 1100. The Labute approximate surface area is 267 Å². The number of hydrogen-bond acceptors (Lipinski definition) is 11. The van der Waals surface area contributed by atoms with Crippen LogP contribution in [0.2, 0.25) is 0 Å². The number of rotatable bonds is 23. The van der Waals surface area contributed by atoms with Crippen LogP contribution in [0.4, 0.5) is 11.5 Å². The van der Waals surface area contributed by atoms with Crippen LogP contribution >= 0.6 is 0 Å². The molecule has 4 rings (SSSR count). The molecule has 3 heterocycles. The van der Waals surface area contributed by atoms with Gasteiger partial charge in [0.1, 0.15) is 5.82 Å². The molecule has 2 aliphatic rings. The quantitative estimate of drug-likeness (QED) is 0.175. The fourth-order valence-corrected chi connectivity index (χ4v) is 5.61. The lowest BCUT2D eigenvalue weighted by Gasteiger charge is -2.26. The second-order valence-electron chi connectivity index (χ2n) is 11.3. The molecule has 45 heavy (non-hydrogen) atoms. The van der Waals surface area contributed by atoms with Gasteiger partial charge in [-0.3, -0.25) is 4.79 Å². The highest BCUT2D eigenvalue weighted by Crippen LogP contribution is 2.42. The van der Waals surface area contributed by atoms with Gasteiger partial charge in [-0.25, -0.2) is 4.98 Å². The van der Waals surface area contributed by atoms with E-state index in [2.05, 4.69) is 50.4 Å². The molecule has 2 saturated heterocycles. The minimum Gasteiger partial charge on any atom is -0.378 e. The number of carbonyl (C=O) groups excluding carboxylic acids is 1. The van der Waals surface area contributed by atoms with Crippen LogP contribution in [0.5, 0.6) is 0 Å². The Morgan fingerprint density at radius 1 is 0.733 bits per heavy atom. The number of carbonyl (C=O) groups is 1. The molecule has 1 unspecified atom stereocenters. The number of benzene rings is 1. The zero-order valence-electron chi connectivity index (χ0n) is 26.5.